The van der Waals surface area contributed by atoms with Gasteiger partial charge in [-0.1, -0.05) is 17.4 Å². The average Bonchev–Trinajstić information content (AvgIpc) is 2.95. The summed E-state index contributed by atoms with van der Waals surface area (Å²) in [5, 5.41) is 8.06. The van der Waals surface area contributed by atoms with Crippen molar-refractivity contribution in [2.45, 2.75) is 11.6 Å². The summed E-state index contributed by atoms with van der Waals surface area (Å²) in [5.74, 6) is -0.557. The molecule has 2 aromatic rings. The lowest BCUT2D eigenvalue weighted by atomic mass is 10.4. The number of anilines is 1. The zero-order valence-corrected chi connectivity index (χ0v) is 16.0. The molecule has 1 aromatic carbocycles. The van der Waals surface area contributed by atoms with Gasteiger partial charge >= 0.3 is 0 Å². The molecule has 0 unspecified atom stereocenters. The van der Waals surface area contributed by atoms with Crippen LogP contribution >= 0.6 is 23.6 Å². The fraction of sp³-hybridized carbons (Fsp3) is 0.429. The Balaban J connectivity index is 1.65. The van der Waals surface area contributed by atoms with Crippen molar-refractivity contribution in [1.29, 1.82) is 0 Å². The first kappa shape index (κ1) is 18.4. The van der Waals surface area contributed by atoms with E-state index in [0.29, 0.717) is 36.8 Å². The number of hydrogen-bond donors (Lipinski definition) is 1. The van der Waals surface area contributed by atoms with Gasteiger partial charge < -0.3 is 5.32 Å². The molecule has 1 aliphatic heterocycles. The van der Waals surface area contributed by atoms with Crippen LogP contribution < -0.4 is 5.32 Å². The van der Waals surface area contributed by atoms with Gasteiger partial charge in [0, 0.05) is 33.2 Å². The minimum atomic E-state index is -3.67. The molecule has 11 heteroatoms. The van der Waals surface area contributed by atoms with E-state index in [-0.39, 0.29) is 4.90 Å². The Labute approximate surface area is 154 Å². The molecule has 7 nitrogen and oxygen atoms in total. The van der Waals surface area contributed by atoms with Gasteiger partial charge in [-0.05, 0) is 30.4 Å². The highest BCUT2D eigenvalue weighted by Gasteiger charge is 2.28. The van der Waals surface area contributed by atoms with Crippen molar-refractivity contribution in [3.8, 4) is 0 Å². The molecule has 0 atom stereocenters. The molecular weight excluding hydrogens is 385 g/mol. The molecule has 0 spiro atoms. The second-order valence-electron chi connectivity index (χ2n) is 5.54. The zero-order valence-electron chi connectivity index (χ0n) is 13.6. The largest absolute Gasteiger partial charge is 0.363 e. The van der Waals surface area contributed by atoms with Gasteiger partial charge in [0.1, 0.15) is 5.82 Å². The Morgan fingerprint density at radius 3 is 2.64 bits per heavy atom. The maximum Gasteiger partial charge on any atom is 0.243 e. The van der Waals surface area contributed by atoms with E-state index < -0.39 is 15.8 Å². The summed E-state index contributed by atoms with van der Waals surface area (Å²) in [5.41, 5.74) is 0. The van der Waals surface area contributed by atoms with Crippen LogP contribution in [0.2, 0.25) is 0 Å². The van der Waals surface area contributed by atoms with Gasteiger partial charge in [-0.2, -0.15) is 4.31 Å². The first-order chi connectivity index (χ1) is 11.9. The number of nitrogens with zero attached hydrogens (tertiary/aromatic N) is 4. The van der Waals surface area contributed by atoms with Crippen LogP contribution in [-0.4, -0.2) is 60.6 Å². The van der Waals surface area contributed by atoms with Crippen molar-refractivity contribution in [2.75, 3.05) is 38.5 Å². The van der Waals surface area contributed by atoms with E-state index in [0.717, 1.165) is 11.2 Å². The highest BCUT2D eigenvalue weighted by Crippen LogP contribution is 2.19. The second-order valence-corrected chi connectivity index (χ2v) is 9.10. The molecule has 25 heavy (non-hydrogen) atoms. The van der Waals surface area contributed by atoms with Crippen LogP contribution in [-0.2, 0) is 16.7 Å². The summed E-state index contributed by atoms with van der Waals surface area (Å²) < 4.78 is 42.3. The maximum absolute atomic E-state index is 13.3. The van der Waals surface area contributed by atoms with Crippen LogP contribution in [0.3, 0.4) is 0 Å². The molecule has 0 aliphatic carbocycles. The smallest absolute Gasteiger partial charge is 0.243 e. The van der Waals surface area contributed by atoms with Crippen LogP contribution in [0.4, 0.5) is 9.52 Å². The summed E-state index contributed by atoms with van der Waals surface area (Å²) >= 11 is 6.67. The Morgan fingerprint density at radius 2 is 2.04 bits per heavy atom. The number of benzene rings is 1. The fourth-order valence-corrected chi connectivity index (χ4v) is 4.97. The Morgan fingerprint density at radius 1 is 1.32 bits per heavy atom. The van der Waals surface area contributed by atoms with Crippen molar-refractivity contribution >= 4 is 38.7 Å². The van der Waals surface area contributed by atoms with Crippen molar-refractivity contribution in [3.05, 3.63) is 34.0 Å². The third kappa shape index (κ3) is 4.06. The summed E-state index contributed by atoms with van der Waals surface area (Å²) in [6.07, 6.45) is 0. The standard InChI is InChI=1S/C14H18FN5O2S3/c1-16-13-17-20(14(23)24-13)10-18-5-7-19(8-6-18)25(21,22)12-4-2-3-11(15)9-12/h2-4,9H,5-8,10H2,1H3,(H,16,17). The normalized spacial score (nSPS) is 16.9. The fourth-order valence-electron chi connectivity index (χ4n) is 2.57. The first-order valence-electron chi connectivity index (χ1n) is 7.64. The van der Waals surface area contributed by atoms with Gasteiger partial charge in [-0.15, -0.1) is 5.10 Å². The average molecular weight is 404 g/mol. The summed E-state index contributed by atoms with van der Waals surface area (Å²) in [7, 11) is -1.89. The molecule has 1 aliphatic rings. The number of nitrogens with one attached hydrogen (secondary N) is 1. The maximum atomic E-state index is 13.3. The topological polar surface area (TPSA) is 70.5 Å². The lowest BCUT2D eigenvalue weighted by Gasteiger charge is -2.33. The van der Waals surface area contributed by atoms with E-state index in [1.807, 2.05) is 0 Å². The predicted molar refractivity (Wildman–Crippen MR) is 97.2 cm³/mol. The molecular formula is C14H18FN5O2S3. The molecule has 1 aromatic heterocycles. The molecule has 3 rings (SSSR count). The second kappa shape index (κ2) is 7.46. The van der Waals surface area contributed by atoms with Crippen molar-refractivity contribution < 1.29 is 12.8 Å². The van der Waals surface area contributed by atoms with Gasteiger partial charge in [0.25, 0.3) is 0 Å². The molecule has 0 amide bonds. The highest BCUT2D eigenvalue weighted by molar-refractivity contribution is 7.89. The summed E-state index contributed by atoms with van der Waals surface area (Å²) in [6, 6.07) is 5.10. The van der Waals surface area contributed by atoms with Crippen LogP contribution in [0.15, 0.2) is 29.2 Å². The molecule has 0 bridgehead atoms. The molecule has 0 saturated carbocycles. The molecule has 1 saturated heterocycles. The number of aromatic nitrogens is 2. The van der Waals surface area contributed by atoms with E-state index in [9.17, 15) is 12.8 Å². The van der Waals surface area contributed by atoms with Crippen LogP contribution in [0, 0.1) is 9.77 Å². The zero-order chi connectivity index (χ0) is 18.0. The van der Waals surface area contributed by atoms with Gasteiger partial charge in [-0.25, -0.2) is 17.5 Å². The number of sulfonamides is 1. The molecule has 1 fully saturated rings. The number of hydrogen-bond acceptors (Lipinski definition) is 7. The third-order valence-electron chi connectivity index (χ3n) is 3.92. The SMILES string of the molecule is CNc1nn(CN2CCN(S(=O)(=O)c3cccc(F)c3)CC2)c(=S)s1. The van der Waals surface area contributed by atoms with E-state index in [2.05, 4.69) is 15.3 Å². The Bertz CT molecular complexity index is 903. The Kier molecular flexibility index (Phi) is 5.49. The highest BCUT2D eigenvalue weighted by atomic mass is 32.2. The summed E-state index contributed by atoms with van der Waals surface area (Å²) in [6.45, 7) is 2.32. The van der Waals surface area contributed by atoms with Crippen molar-refractivity contribution in [2.24, 2.45) is 0 Å². The third-order valence-corrected chi connectivity index (χ3v) is 7.14. The van der Waals surface area contributed by atoms with Crippen molar-refractivity contribution in [3.63, 3.8) is 0 Å². The molecule has 2 heterocycles. The lowest BCUT2D eigenvalue weighted by molar-refractivity contribution is 0.145. The number of rotatable bonds is 5. The Hall–Kier alpha value is -1.40. The molecule has 1 N–H and O–H groups in total. The van der Waals surface area contributed by atoms with E-state index >= 15 is 0 Å². The minimum absolute atomic E-state index is 0.0127. The van der Waals surface area contributed by atoms with E-state index in [4.69, 9.17) is 12.2 Å². The van der Waals surface area contributed by atoms with Crippen LogP contribution in [0.5, 0.6) is 0 Å². The van der Waals surface area contributed by atoms with Gasteiger partial charge in [0.2, 0.25) is 15.2 Å². The van der Waals surface area contributed by atoms with Crippen LogP contribution in [0.1, 0.15) is 0 Å². The van der Waals surface area contributed by atoms with Gasteiger partial charge in [-0.3, -0.25) is 4.90 Å². The molecule has 0 radical (unpaired) electrons. The number of piperazine rings is 1. The van der Waals surface area contributed by atoms with Crippen LogP contribution in [0.25, 0.3) is 0 Å². The van der Waals surface area contributed by atoms with Gasteiger partial charge in [0.05, 0.1) is 11.6 Å². The lowest BCUT2D eigenvalue weighted by Crippen LogP contribution is -2.48. The summed E-state index contributed by atoms with van der Waals surface area (Å²) in [4.78, 5) is 2.08. The minimum Gasteiger partial charge on any atom is -0.363 e. The van der Waals surface area contributed by atoms with Gasteiger partial charge in [0.15, 0.2) is 3.95 Å². The first-order valence-corrected chi connectivity index (χ1v) is 10.3. The van der Waals surface area contributed by atoms with E-state index in [1.54, 1.807) is 11.7 Å². The quantitative estimate of drug-likeness (QED) is 0.768. The predicted octanol–water partition coefficient (Wildman–Crippen LogP) is 1.82. The number of halogens is 1. The monoisotopic (exact) mass is 403 g/mol. The van der Waals surface area contributed by atoms with E-state index in [1.165, 1.54) is 33.8 Å². The molecule has 136 valence electrons. The van der Waals surface area contributed by atoms with Crippen molar-refractivity contribution in [1.82, 2.24) is 19.0 Å².